The molecule has 0 radical (unpaired) electrons. The molecule has 1 aromatic heterocycles. The van der Waals surface area contributed by atoms with E-state index in [9.17, 15) is 4.79 Å². The molecule has 0 atom stereocenters. The lowest BCUT2D eigenvalue weighted by molar-refractivity contribution is -0.119. The van der Waals surface area contributed by atoms with Crippen LogP contribution in [-0.2, 0) is 11.2 Å². The number of fused-ring (bicyclic) bond motifs is 1. The number of nitrogens with zero attached hydrogens (tertiary/aromatic N) is 2. The second kappa shape index (κ2) is 7.47. The normalized spacial score (nSPS) is 13.6. The van der Waals surface area contributed by atoms with Crippen LogP contribution in [0.2, 0.25) is 0 Å². The molecule has 0 unspecified atom stereocenters. The molecule has 0 saturated carbocycles. The number of hydrogen-bond donors (Lipinski definition) is 0. The zero-order valence-corrected chi connectivity index (χ0v) is 16.5. The molecule has 0 fully saturated rings. The quantitative estimate of drug-likeness (QED) is 0.639. The van der Waals surface area contributed by atoms with Gasteiger partial charge >= 0.3 is 0 Å². The predicted molar refractivity (Wildman–Crippen MR) is 113 cm³/mol. The van der Waals surface area contributed by atoms with E-state index in [1.54, 1.807) is 7.11 Å². The van der Waals surface area contributed by atoms with Crippen molar-refractivity contribution in [3.63, 3.8) is 0 Å². The monoisotopic (exact) mass is 372 g/mol. The Morgan fingerprint density at radius 1 is 0.964 bits per heavy atom. The maximum Gasteiger partial charge on any atom is 0.228 e. The van der Waals surface area contributed by atoms with Gasteiger partial charge in [0.2, 0.25) is 5.91 Å². The minimum absolute atomic E-state index is 0.0637. The first-order valence-electron chi connectivity index (χ1n) is 9.64. The van der Waals surface area contributed by atoms with Crippen molar-refractivity contribution in [1.82, 2.24) is 4.98 Å². The lowest BCUT2D eigenvalue weighted by Crippen LogP contribution is -2.41. The maximum absolute atomic E-state index is 12.6. The van der Waals surface area contributed by atoms with E-state index in [0.29, 0.717) is 12.8 Å². The highest BCUT2D eigenvalue weighted by Crippen LogP contribution is 2.38. The number of anilines is 1. The molecule has 3 aromatic rings. The van der Waals surface area contributed by atoms with Gasteiger partial charge in [0.25, 0.3) is 0 Å². The molecule has 4 heteroatoms. The van der Waals surface area contributed by atoms with Crippen molar-refractivity contribution in [2.75, 3.05) is 12.0 Å². The fourth-order valence-electron chi connectivity index (χ4n) is 3.79. The molecule has 1 aliphatic heterocycles. The zero-order chi connectivity index (χ0) is 19.7. The summed E-state index contributed by atoms with van der Waals surface area (Å²) in [6.07, 6.45) is 1.22. The van der Waals surface area contributed by atoms with E-state index < -0.39 is 0 Å². The fourth-order valence-corrected chi connectivity index (χ4v) is 3.79. The van der Waals surface area contributed by atoms with Gasteiger partial charge < -0.3 is 4.74 Å². The van der Waals surface area contributed by atoms with Gasteiger partial charge in [-0.1, -0.05) is 42.5 Å². The van der Waals surface area contributed by atoms with Gasteiger partial charge in [0.15, 0.2) is 0 Å². The van der Waals surface area contributed by atoms with E-state index in [2.05, 4.69) is 30.3 Å². The van der Waals surface area contributed by atoms with Crippen molar-refractivity contribution < 1.29 is 9.53 Å². The number of aromatic nitrogens is 1. The van der Waals surface area contributed by atoms with Crippen molar-refractivity contribution in [2.45, 2.75) is 32.7 Å². The van der Waals surface area contributed by atoms with Crippen molar-refractivity contribution in [3.8, 4) is 28.1 Å². The van der Waals surface area contributed by atoms with Crippen LogP contribution in [0.15, 0.2) is 60.7 Å². The molecule has 0 aliphatic carbocycles. The van der Waals surface area contributed by atoms with Crippen LogP contribution in [0.3, 0.4) is 0 Å². The van der Waals surface area contributed by atoms with Crippen LogP contribution >= 0.6 is 0 Å². The van der Waals surface area contributed by atoms with Gasteiger partial charge in [0, 0.05) is 23.6 Å². The number of methoxy groups -OCH3 is 1. The highest BCUT2D eigenvalue weighted by molar-refractivity contribution is 5.98. The average molecular weight is 372 g/mol. The van der Waals surface area contributed by atoms with Gasteiger partial charge in [-0.15, -0.1) is 0 Å². The Morgan fingerprint density at radius 3 is 2.32 bits per heavy atom. The molecule has 1 amide bonds. The summed E-state index contributed by atoms with van der Waals surface area (Å²) >= 11 is 0. The first-order chi connectivity index (χ1) is 13.6. The fraction of sp³-hybridized carbons (Fsp3) is 0.250. The summed E-state index contributed by atoms with van der Waals surface area (Å²) in [6.45, 7) is 4.08. The number of carbonyl (C=O) groups is 1. The molecule has 0 spiro atoms. The molecule has 2 heterocycles. The first kappa shape index (κ1) is 18.2. The minimum atomic E-state index is 0.0637. The van der Waals surface area contributed by atoms with Crippen LogP contribution in [0.1, 0.15) is 25.8 Å². The van der Waals surface area contributed by atoms with Crippen molar-refractivity contribution in [2.24, 2.45) is 0 Å². The lowest BCUT2D eigenvalue weighted by atomic mass is 9.92. The minimum Gasteiger partial charge on any atom is -0.497 e. The number of rotatable bonds is 4. The Kier molecular flexibility index (Phi) is 4.86. The summed E-state index contributed by atoms with van der Waals surface area (Å²) in [7, 11) is 1.67. The highest BCUT2D eigenvalue weighted by Gasteiger charge is 2.30. The summed E-state index contributed by atoms with van der Waals surface area (Å²) in [5, 5.41) is 0. The van der Waals surface area contributed by atoms with E-state index in [4.69, 9.17) is 9.72 Å². The third-order valence-corrected chi connectivity index (χ3v) is 5.18. The van der Waals surface area contributed by atoms with E-state index in [0.717, 1.165) is 39.5 Å². The predicted octanol–water partition coefficient (Wildman–Crippen LogP) is 5.11. The van der Waals surface area contributed by atoms with E-state index in [1.807, 2.05) is 49.1 Å². The summed E-state index contributed by atoms with van der Waals surface area (Å²) in [5.41, 5.74) is 5.30. The molecule has 142 valence electrons. The van der Waals surface area contributed by atoms with Crippen LogP contribution < -0.4 is 9.64 Å². The Labute approximate surface area is 165 Å². The molecule has 4 rings (SSSR count). The Hall–Kier alpha value is -3.14. The van der Waals surface area contributed by atoms with E-state index >= 15 is 0 Å². The summed E-state index contributed by atoms with van der Waals surface area (Å²) in [4.78, 5) is 19.4. The standard InChI is InChI=1S/C24H24N2O2/c1-16(2)26-23(27)14-13-20-21(17-9-11-19(28-3)12-10-17)15-22(25-24(20)26)18-7-5-4-6-8-18/h4-12,15-16H,13-14H2,1-3H3. The van der Waals surface area contributed by atoms with E-state index in [-0.39, 0.29) is 11.9 Å². The van der Waals surface area contributed by atoms with Crippen molar-refractivity contribution in [1.29, 1.82) is 0 Å². The molecular formula is C24H24N2O2. The summed E-state index contributed by atoms with van der Waals surface area (Å²) in [5.74, 6) is 1.76. The third-order valence-electron chi connectivity index (χ3n) is 5.18. The lowest BCUT2D eigenvalue weighted by Gasteiger charge is -2.33. The molecule has 0 bridgehead atoms. The number of benzene rings is 2. The largest absolute Gasteiger partial charge is 0.497 e. The smallest absolute Gasteiger partial charge is 0.228 e. The number of amides is 1. The summed E-state index contributed by atoms with van der Waals surface area (Å²) < 4.78 is 5.31. The number of carbonyl (C=O) groups excluding carboxylic acids is 1. The number of pyridine rings is 1. The van der Waals surface area contributed by atoms with Crippen LogP contribution in [0, 0.1) is 0 Å². The second-order valence-electron chi connectivity index (χ2n) is 7.31. The van der Waals surface area contributed by atoms with Crippen molar-refractivity contribution in [3.05, 3.63) is 66.2 Å². The molecule has 28 heavy (non-hydrogen) atoms. The van der Waals surface area contributed by atoms with E-state index in [1.165, 1.54) is 0 Å². The topological polar surface area (TPSA) is 42.4 Å². The highest BCUT2D eigenvalue weighted by atomic mass is 16.5. The maximum atomic E-state index is 12.6. The van der Waals surface area contributed by atoms with Crippen molar-refractivity contribution >= 4 is 11.7 Å². The van der Waals surface area contributed by atoms with Gasteiger partial charge in [-0.25, -0.2) is 4.98 Å². The van der Waals surface area contributed by atoms with Gasteiger partial charge in [-0.3, -0.25) is 9.69 Å². The number of hydrogen-bond acceptors (Lipinski definition) is 3. The number of ether oxygens (including phenoxy) is 1. The van der Waals surface area contributed by atoms with Gasteiger partial charge in [0.1, 0.15) is 11.6 Å². The van der Waals surface area contributed by atoms with Crippen LogP contribution in [0.5, 0.6) is 5.75 Å². The molecule has 1 aliphatic rings. The molecule has 2 aromatic carbocycles. The van der Waals surface area contributed by atoms with Crippen LogP contribution in [0.25, 0.3) is 22.4 Å². The third kappa shape index (κ3) is 3.26. The Balaban J connectivity index is 1.95. The Bertz CT molecular complexity index is 995. The van der Waals surface area contributed by atoms with Crippen LogP contribution in [-0.4, -0.2) is 24.0 Å². The Morgan fingerprint density at radius 2 is 1.68 bits per heavy atom. The second-order valence-corrected chi connectivity index (χ2v) is 7.31. The molecule has 0 saturated heterocycles. The zero-order valence-electron chi connectivity index (χ0n) is 16.5. The van der Waals surface area contributed by atoms with Gasteiger partial charge in [-0.2, -0.15) is 0 Å². The summed E-state index contributed by atoms with van der Waals surface area (Å²) in [6, 6.07) is 20.4. The van der Waals surface area contributed by atoms with Crippen LogP contribution in [0.4, 0.5) is 5.82 Å². The molecule has 4 nitrogen and oxygen atoms in total. The first-order valence-corrected chi connectivity index (χ1v) is 9.64. The van der Waals surface area contributed by atoms with Gasteiger partial charge in [-0.05, 0) is 49.6 Å². The molecule has 0 N–H and O–H groups in total. The molecular weight excluding hydrogens is 348 g/mol. The SMILES string of the molecule is COc1ccc(-c2cc(-c3ccccc3)nc3c2CCC(=O)N3C(C)C)cc1. The van der Waals surface area contributed by atoms with Gasteiger partial charge in [0.05, 0.1) is 12.8 Å². The average Bonchev–Trinajstić information content (AvgIpc) is 2.73.